The molecule has 3 rings (SSSR count). The van der Waals surface area contributed by atoms with E-state index in [0.29, 0.717) is 33.7 Å². The first-order chi connectivity index (χ1) is 10.9. The molecule has 0 bridgehead atoms. The molecule has 4 nitrogen and oxygen atoms in total. The number of benzene rings is 2. The molecule has 1 heterocycles. The van der Waals surface area contributed by atoms with Crippen LogP contribution in [0.2, 0.25) is 0 Å². The SMILES string of the molecule is CC(=N)c1cc2c(-c3ccccc3)c(C)c(=O)[nH]c2c(C)c1[OH2+]. The van der Waals surface area contributed by atoms with E-state index in [1.807, 2.05) is 50.2 Å². The first-order valence-corrected chi connectivity index (χ1v) is 7.44. The molecule has 0 unspecified atom stereocenters. The summed E-state index contributed by atoms with van der Waals surface area (Å²) in [6.45, 7) is 5.30. The minimum atomic E-state index is -0.141. The minimum Gasteiger partial charge on any atom is -0.593 e. The number of fused-ring (bicyclic) bond motifs is 1. The second kappa shape index (κ2) is 5.39. The molecular weight excluding hydrogens is 288 g/mol. The number of hydrogen-bond donors (Lipinski definition) is 2. The van der Waals surface area contributed by atoms with Gasteiger partial charge in [0, 0.05) is 16.7 Å². The van der Waals surface area contributed by atoms with Gasteiger partial charge in [0.05, 0.1) is 16.6 Å². The summed E-state index contributed by atoms with van der Waals surface area (Å²) in [6.07, 6.45) is 0. The fourth-order valence-electron chi connectivity index (χ4n) is 2.97. The number of aryl methyl sites for hydroxylation is 1. The van der Waals surface area contributed by atoms with Crippen LogP contribution in [0.15, 0.2) is 41.2 Å². The fourth-order valence-corrected chi connectivity index (χ4v) is 2.97. The van der Waals surface area contributed by atoms with E-state index >= 15 is 0 Å². The van der Waals surface area contributed by atoms with E-state index in [0.717, 1.165) is 16.5 Å². The maximum absolute atomic E-state index is 12.4. The number of nitrogens with one attached hydrogen (secondary N) is 2. The van der Waals surface area contributed by atoms with E-state index in [1.165, 1.54) is 0 Å². The van der Waals surface area contributed by atoms with Crippen molar-refractivity contribution in [2.45, 2.75) is 20.8 Å². The standard InChI is InChI=1S/C19H18N2O2/c1-10-16(13-7-5-4-6-8-13)15-9-14(12(3)20)18(22)11(2)17(15)21-19(10)23/h4-9,20,22H,1-3H3,(H,21,23)/p+1. The average molecular weight is 307 g/mol. The summed E-state index contributed by atoms with van der Waals surface area (Å²) in [7, 11) is 0. The number of H-pyrrole nitrogens is 1. The van der Waals surface area contributed by atoms with Crippen LogP contribution in [0.5, 0.6) is 5.75 Å². The highest BCUT2D eigenvalue weighted by Crippen LogP contribution is 2.35. The van der Waals surface area contributed by atoms with Crippen LogP contribution in [0.3, 0.4) is 0 Å². The first kappa shape index (κ1) is 15.0. The van der Waals surface area contributed by atoms with Crippen molar-refractivity contribution >= 4 is 16.6 Å². The predicted octanol–water partition coefficient (Wildman–Crippen LogP) is 3.64. The Morgan fingerprint density at radius 2 is 1.78 bits per heavy atom. The van der Waals surface area contributed by atoms with Crippen molar-refractivity contribution in [3.8, 4) is 16.9 Å². The van der Waals surface area contributed by atoms with Crippen molar-refractivity contribution in [1.29, 1.82) is 5.41 Å². The molecule has 0 amide bonds. The lowest BCUT2D eigenvalue weighted by molar-refractivity contribution is 0.471. The minimum absolute atomic E-state index is 0.141. The molecule has 3 aromatic rings. The van der Waals surface area contributed by atoms with Gasteiger partial charge in [0.2, 0.25) is 0 Å². The van der Waals surface area contributed by atoms with Gasteiger partial charge in [-0.25, -0.2) is 0 Å². The summed E-state index contributed by atoms with van der Waals surface area (Å²) < 4.78 is 0. The van der Waals surface area contributed by atoms with Crippen molar-refractivity contribution in [3.63, 3.8) is 0 Å². The molecule has 4 N–H and O–H groups in total. The van der Waals surface area contributed by atoms with Gasteiger partial charge in [-0.05, 0) is 38.0 Å². The van der Waals surface area contributed by atoms with Gasteiger partial charge >= 0.3 is 0 Å². The topological polar surface area (TPSA) is 79.6 Å². The Bertz CT molecular complexity index is 986. The maximum Gasteiger partial charge on any atom is 0.268 e. The van der Waals surface area contributed by atoms with Crippen LogP contribution in [0.4, 0.5) is 0 Å². The molecule has 0 fully saturated rings. The molecule has 0 spiro atoms. The molecule has 23 heavy (non-hydrogen) atoms. The number of rotatable bonds is 2. The molecule has 0 saturated carbocycles. The summed E-state index contributed by atoms with van der Waals surface area (Å²) >= 11 is 0. The molecule has 116 valence electrons. The second-order valence-electron chi connectivity index (χ2n) is 5.79. The van der Waals surface area contributed by atoms with Gasteiger partial charge in [-0.3, -0.25) is 4.79 Å². The largest absolute Gasteiger partial charge is 0.593 e. The molecule has 0 aliphatic heterocycles. The average Bonchev–Trinajstić information content (AvgIpc) is 2.53. The third-order valence-corrected chi connectivity index (χ3v) is 4.27. The molecular formula is C19H19N2O2+. The summed E-state index contributed by atoms with van der Waals surface area (Å²) in [5, 5.41) is 17.0. The lowest BCUT2D eigenvalue weighted by atomic mass is 9.93. The zero-order chi connectivity index (χ0) is 16.7. The van der Waals surface area contributed by atoms with E-state index < -0.39 is 0 Å². The number of aromatic nitrogens is 1. The fraction of sp³-hybridized carbons (Fsp3) is 0.158. The first-order valence-electron chi connectivity index (χ1n) is 7.44. The van der Waals surface area contributed by atoms with E-state index in [4.69, 9.17) is 10.5 Å². The molecule has 2 aromatic carbocycles. The van der Waals surface area contributed by atoms with Gasteiger partial charge in [0.1, 0.15) is 0 Å². The van der Waals surface area contributed by atoms with Crippen molar-refractivity contribution < 1.29 is 5.11 Å². The van der Waals surface area contributed by atoms with E-state index in [1.54, 1.807) is 6.92 Å². The van der Waals surface area contributed by atoms with Crippen LogP contribution >= 0.6 is 0 Å². The van der Waals surface area contributed by atoms with E-state index in [-0.39, 0.29) is 5.56 Å². The molecule has 0 radical (unpaired) electrons. The highest BCUT2D eigenvalue weighted by molar-refractivity contribution is 6.07. The van der Waals surface area contributed by atoms with Crippen LogP contribution in [-0.4, -0.2) is 15.8 Å². The van der Waals surface area contributed by atoms with Crippen LogP contribution in [-0.2, 0) is 0 Å². The normalized spacial score (nSPS) is 10.9. The predicted molar refractivity (Wildman–Crippen MR) is 95.0 cm³/mol. The summed E-state index contributed by atoms with van der Waals surface area (Å²) in [6, 6.07) is 11.6. The molecule has 0 saturated heterocycles. The lowest BCUT2D eigenvalue weighted by Crippen LogP contribution is -2.12. The van der Waals surface area contributed by atoms with Crippen molar-refractivity contribution in [2.75, 3.05) is 0 Å². The van der Waals surface area contributed by atoms with Crippen LogP contribution in [0, 0.1) is 19.3 Å². The van der Waals surface area contributed by atoms with Crippen molar-refractivity contribution in [1.82, 2.24) is 4.98 Å². The number of aromatic amines is 1. The molecule has 0 aliphatic rings. The maximum atomic E-state index is 12.4. The van der Waals surface area contributed by atoms with Crippen LogP contribution in [0.1, 0.15) is 23.6 Å². The van der Waals surface area contributed by atoms with Crippen molar-refractivity contribution in [3.05, 3.63) is 63.4 Å². The monoisotopic (exact) mass is 307 g/mol. The number of pyridine rings is 1. The smallest absolute Gasteiger partial charge is 0.268 e. The Morgan fingerprint density at radius 1 is 1.13 bits per heavy atom. The Labute approximate surface area is 133 Å². The van der Waals surface area contributed by atoms with E-state index in [2.05, 4.69) is 4.98 Å². The Kier molecular flexibility index (Phi) is 3.52. The summed E-state index contributed by atoms with van der Waals surface area (Å²) in [4.78, 5) is 15.2. The van der Waals surface area contributed by atoms with Gasteiger partial charge < -0.3 is 15.5 Å². The van der Waals surface area contributed by atoms with Gasteiger partial charge in [-0.2, -0.15) is 0 Å². The highest BCUT2D eigenvalue weighted by atomic mass is 16.3. The van der Waals surface area contributed by atoms with Gasteiger partial charge in [0.15, 0.2) is 0 Å². The quantitative estimate of drug-likeness (QED) is 0.550. The molecule has 0 atom stereocenters. The third kappa shape index (κ3) is 2.32. The number of hydrogen-bond acceptors (Lipinski definition) is 2. The Balaban J connectivity index is 2.55. The highest BCUT2D eigenvalue weighted by Gasteiger charge is 2.20. The Morgan fingerprint density at radius 3 is 2.39 bits per heavy atom. The molecule has 0 aliphatic carbocycles. The molecule has 4 heteroatoms. The second-order valence-corrected chi connectivity index (χ2v) is 5.79. The zero-order valence-electron chi connectivity index (χ0n) is 13.4. The van der Waals surface area contributed by atoms with Crippen LogP contribution < -0.4 is 5.56 Å². The van der Waals surface area contributed by atoms with Crippen LogP contribution in [0.25, 0.3) is 22.0 Å². The van der Waals surface area contributed by atoms with Gasteiger partial charge in [-0.1, -0.05) is 30.3 Å². The zero-order valence-corrected chi connectivity index (χ0v) is 13.4. The lowest BCUT2D eigenvalue weighted by Gasteiger charge is -2.13. The Hall–Kier alpha value is -2.88. The van der Waals surface area contributed by atoms with Gasteiger partial charge in [0.25, 0.3) is 11.3 Å². The summed E-state index contributed by atoms with van der Waals surface area (Å²) in [5.41, 5.74) is 4.66. The van der Waals surface area contributed by atoms with Crippen molar-refractivity contribution in [2.24, 2.45) is 0 Å². The third-order valence-electron chi connectivity index (χ3n) is 4.27. The van der Waals surface area contributed by atoms with Gasteiger partial charge in [-0.15, -0.1) is 0 Å². The molecule has 1 aromatic heterocycles. The van der Waals surface area contributed by atoms with E-state index in [9.17, 15) is 4.79 Å². The summed E-state index contributed by atoms with van der Waals surface area (Å²) in [5.74, 6) is 0.295.